The number of nitrogens with one attached hydrogen (secondary N) is 2. The number of aromatic nitrogens is 4. The summed E-state index contributed by atoms with van der Waals surface area (Å²) < 4.78 is 14.2. The Morgan fingerprint density at radius 1 is 0.800 bits per heavy atom. The van der Waals surface area contributed by atoms with E-state index >= 15 is 0 Å². The van der Waals surface area contributed by atoms with Crippen LogP contribution in [-0.2, 0) is 35.9 Å². The fraction of sp³-hybridized carbons (Fsp3) is 0.273. The minimum atomic E-state index is -1.10. The van der Waals surface area contributed by atoms with Crippen LogP contribution in [0.2, 0.25) is 5.02 Å². The van der Waals surface area contributed by atoms with Crippen molar-refractivity contribution >= 4 is 29.2 Å². The predicted octanol–water partition coefficient (Wildman–Crippen LogP) is 5.61. The third-order valence-electron chi connectivity index (χ3n) is 9.74. The van der Waals surface area contributed by atoms with Gasteiger partial charge in [-0.15, -0.1) is 5.10 Å². The summed E-state index contributed by atoms with van der Waals surface area (Å²) in [6, 6.07) is 22.9. The van der Waals surface area contributed by atoms with Crippen molar-refractivity contribution in [2.75, 3.05) is 13.1 Å². The molecule has 60 heavy (non-hydrogen) atoms. The zero-order valence-electron chi connectivity index (χ0n) is 32.9. The van der Waals surface area contributed by atoms with Gasteiger partial charge in [-0.1, -0.05) is 54.1 Å². The van der Waals surface area contributed by atoms with E-state index in [4.69, 9.17) is 41.4 Å². The molecule has 0 unspecified atom stereocenters. The number of aliphatic hydroxyl groups is 2. The van der Waals surface area contributed by atoms with Crippen molar-refractivity contribution in [2.45, 2.75) is 65.2 Å². The van der Waals surface area contributed by atoms with Crippen molar-refractivity contribution in [2.24, 2.45) is 0 Å². The van der Waals surface area contributed by atoms with Crippen LogP contribution in [0, 0.1) is 25.2 Å². The SMILES string of the molecule is Cc1c(COc2cc(OCc3cncc(C#N)c3)c(CNC[C@@H](O)CC(=O)O)cc2Cl)cccc1-c1cccc(-c2nc3ccc(CNC[C@@H](O)CC(=O)O)cn3n2)c1C. The van der Waals surface area contributed by atoms with Crippen LogP contribution >= 0.6 is 11.6 Å². The third kappa shape index (κ3) is 11.2. The standard InChI is InChI=1S/C44H44ClN7O8/c1-26-31(25-60-40-15-39(59-24-30-11-29(16-46)18-47-19-30)32(12-38(40)45)20-49-22-34(54)14-43(57)58)5-3-6-35(26)36-7-4-8-37(27(36)2)44-50-41-10-9-28(23-52(41)51-44)17-48-21-33(53)13-42(55)56/h3-12,15,18-19,23,33-34,48-49,53-54H,13-14,17,20-22,24-25H2,1-2H3,(H,55,56)(H,57,58)/t33-,34-/m0/s1. The molecule has 0 spiro atoms. The van der Waals surface area contributed by atoms with Crippen LogP contribution in [-0.4, -0.2) is 77.2 Å². The van der Waals surface area contributed by atoms with Crippen LogP contribution in [0.4, 0.5) is 0 Å². The van der Waals surface area contributed by atoms with Gasteiger partial charge in [-0.25, -0.2) is 9.50 Å². The van der Waals surface area contributed by atoms with E-state index in [0.29, 0.717) is 51.2 Å². The minimum absolute atomic E-state index is 0.0367. The van der Waals surface area contributed by atoms with E-state index in [-0.39, 0.29) is 39.3 Å². The van der Waals surface area contributed by atoms with Crippen LogP contribution in [0.3, 0.4) is 0 Å². The second kappa shape index (κ2) is 20.0. The highest BCUT2D eigenvalue weighted by atomic mass is 35.5. The van der Waals surface area contributed by atoms with E-state index in [0.717, 1.165) is 38.9 Å². The molecule has 0 aliphatic heterocycles. The van der Waals surface area contributed by atoms with E-state index in [1.54, 1.807) is 28.9 Å². The Balaban J connectivity index is 1.19. The van der Waals surface area contributed by atoms with E-state index in [1.807, 2.05) is 56.4 Å². The second-order valence-corrected chi connectivity index (χ2v) is 14.7. The molecule has 0 saturated heterocycles. The third-order valence-corrected chi connectivity index (χ3v) is 10.0. The van der Waals surface area contributed by atoms with Crippen molar-refractivity contribution in [3.63, 3.8) is 0 Å². The molecule has 0 radical (unpaired) electrons. The van der Waals surface area contributed by atoms with Crippen molar-refractivity contribution < 1.29 is 39.5 Å². The first-order valence-electron chi connectivity index (χ1n) is 19.1. The Morgan fingerprint density at radius 2 is 1.47 bits per heavy atom. The highest BCUT2D eigenvalue weighted by Crippen LogP contribution is 2.36. The van der Waals surface area contributed by atoms with Gasteiger partial charge in [-0.3, -0.25) is 14.6 Å². The maximum absolute atomic E-state index is 11.0. The molecule has 310 valence electrons. The second-order valence-electron chi connectivity index (χ2n) is 14.3. The van der Waals surface area contributed by atoms with Crippen LogP contribution in [0.1, 0.15) is 51.8 Å². The first kappa shape index (κ1) is 43.2. The summed E-state index contributed by atoms with van der Waals surface area (Å²) in [5.74, 6) is -0.781. The average molecular weight is 834 g/mol. The number of carboxylic acid groups (broad SMARTS) is 2. The summed E-state index contributed by atoms with van der Waals surface area (Å²) in [6.07, 6.45) is 2.13. The smallest absolute Gasteiger partial charge is 0.306 e. The van der Waals surface area contributed by atoms with Gasteiger partial charge < -0.3 is 40.5 Å². The number of rotatable bonds is 20. The van der Waals surface area contributed by atoms with Gasteiger partial charge in [0.2, 0.25) is 0 Å². The molecule has 3 heterocycles. The van der Waals surface area contributed by atoms with Crippen LogP contribution in [0.25, 0.3) is 28.2 Å². The van der Waals surface area contributed by atoms with Gasteiger partial charge in [-0.05, 0) is 65.4 Å². The first-order chi connectivity index (χ1) is 28.9. The molecule has 6 rings (SSSR count). The Morgan fingerprint density at radius 3 is 2.18 bits per heavy atom. The molecule has 0 fully saturated rings. The van der Waals surface area contributed by atoms with E-state index in [9.17, 15) is 25.1 Å². The molecular weight excluding hydrogens is 790 g/mol. The topological polar surface area (TPSA) is 224 Å². The molecule has 15 nitrogen and oxygen atoms in total. The molecule has 16 heteroatoms. The lowest BCUT2D eigenvalue weighted by molar-refractivity contribution is -0.140. The number of hydrogen-bond acceptors (Lipinski definition) is 12. The molecular formula is C44H44ClN7O8. The average Bonchev–Trinajstić information content (AvgIpc) is 3.63. The van der Waals surface area contributed by atoms with Crippen molar-refractivity contribution in [3.8, 4) is 40.1 Å². The molecule has 0 saturated carbocycles. The van der Waals surface area contributed by atoms with Crippen LogP contribution < -0.4 is 20.1 Å². The van der Waals surface area contributed by atoms with Crippen LogP contribution in [0.5, 0.6) is 11.5 Å². The molecule has 0 aliphatic rings. The highest BCUT2D eigenvalue weighted by Gasteiger charge is 2.18. The maximum Gasteiger partial charge on any atom is 0.306 e. The lowest BCUT2D eigenvalue weighted by atomic mass is 9.91. The number of nitriles is 1. The number of carboxylic acids is 2. The van der Waals surface area contributed by atoms with Gasteiger partial charge in [0.15, 0.2) is 11.5 Å². The summed E-state index contributed by atoms with van der Waals surface area (Å²) in [5, 5.41) is 58.3. The summed E-state index contributed by atoms with van der Waals surface area (Å²) in [7, 11) is 0. The van der Waals surface area contributed by atoms with Crippen molar-refractivity contribution in [3.05, 3.63) is 129 Å². The summed E-state index contributed by atoms with van der Waals surface area (Å²) in [6.45, 7) is 5.18. The summed E-state index contributed by atoms with van der Waals surface area (Å²) >= 11 is 6.76. The molecule has 0 aliphatic carbocycles. The predicted molar refractivity (Wildman–Crippen MR) is 222 cm³/mol. The van der Waals surface area contributed by atoms with Gasteiger partial charge in [0, 0.05) is 67.5 Å². The number of carbonyl (C=O) groups is 2. The molecule has 0 bridgehead atoms. The molecule has 6 aromatic rings. The van der Waals surface area contributed by atoms with Gasteiger partial charge in [0.25, 0.3) is 0 Å². The zero-order chi connectivity index (χ0) is 42.8. The molecule has 3 aromatic carbocycles. The minimum Gasteiger partial charge on any atom is -0.488 e. The van der Waals surface area contributed by atoms with Crippen molar-refractivity contribution in [1.82, 2.24) is 30.2 Å². The quantitative estimate of drug-likeness (QED) is 0.0550. The van der Waals surface area contributed by atoms with Gasteiger partial charge in [0.1, 0.15) is 30.8 Å². The van der Waals surface area contributed by atoms with E-state index < -0.39 is 30.6 Å². The molecule has 0 amide bonds. The maximum atomic E-state index is 11.0. The largest absolute Gasteiger partial charge is 0.488 e. The number of nitrogens with zero attached hydrogens (tertiary/aromatic N) is 5. The fourth-order valence-corrected chi connectivity index (χ4v) is 6.89. The molecule has 6 N–H and O–H groups in total. The zero-order valence-corrected chi connectivity index (χ0v) is 33.7. The summed E-state index contributed by atoms with van der Waals surface area (Å²) in [4.78, 5) is 30.7. The van der Waals surface area contributed by atoms with Gasteiger partial charge >= 0.3 is 11.9 Å². The van der Waals surface area contributed by atoms with Gasteiger partial charge in [-0.2, -0.15) is 5.26 Å². The van der Waals surface area contributed by atoms with E-state index in [2.05, 4.69) is 33.8 Å². The number of aliphatic hydroxyl groups excluding tert-OH is 2. The van der Waals surface area contributed by atoms with E-state index in [1.165, 1.54) is 6.20 Å². The highest BCUT2D eigenvalue weighted by molar-refractivity contribution is 6.32. The fourth-order valence-electron chi connectivity index (χ4n) is 6.65. The monoisotopic (exact) mass is 833 g/mol. The molecule has 2 atom stereocenters. The number of fused-ring (bicyclic) bond motifs is 1. The van der Waals surface area contributed by atoms with Crippen molar-refractivity contribution in [1.29, 1.82) is 5.26 Å². The Hall–Kier alpha value is -6.41. The Kier molecular flexibility index (Phi) is 14.4. The first-order valence-corrected chi connectivity index (χ1v) is 19.4. The lowest BCUT2D eigenvalue weighted by Crippen LogP contribution is -2.28. The number of pyridine rings is 2. The Bertz CT molecular complexity index is 2540. The number of aliphatic carboxylic acids is 2. The number of halogens is 1. The Labute approximate surface area is 350 Å². The molecule has 3 aromatic heterocycles. The van der Waals surface area contributed by atoms with Crippen LogP contribution in [0.15, 0.2) is 85.3 Å². The van der Waals surface area contributed by atoms with Gasteiger partial charge in [0.05, 0.1) is 35.6 Å². The number of benzene rings is 3. The summed E-state index contributed by atoms with van der Waals surface area (Å²) in [5.41, 5.74) is 9.08. The number of hydrogen-bond donors (Lipinski definition) is 6. The lowest BCUT2D eigenvalue weighted by Gasteiger charge is -2.18. The normalized spacial score (nSPS) is 12.2. The number of ether oxygens (including phenoxy) is 2.